The highest BCUT2D eigenvalue weighted by Gasteiger charge is 2.19. The maximum Gasteiger partial charge on any atom is 0.201 e. The Bertz CT molecular complexity index is 523. The number of aromatic nitrogens is 2. The molecule has 2 aromatic rings. The molecule has 0 saturated heterocycles. The normalized spacial score (nSPS) is 12.0. The Morgan fingerprint density at radius 2 is 2.00 bits per heavy atom. The molecule has 0 saturated carbocycles. The number of hydrogen-bond donors (Lipinski definition) is 1. The van der Waals surface area contributed by atoms with Gasteiger partial charge in [-0.25, -0.2) is 4.98 Å². The summed E-state index contributed by atoms with van der Waals surface area (Å²) in [5.41, 5.74) is 7.77. The third-order valence-electron chi connectivity index (χ3n) is 2.56. The van der Waals surface area contributed by atoms with Crippen molar-refractivity contribution in [3.63, 3.8) is 0 Å². The highest BCUT2D eigenvalue weighted by Crippen LogP contribution is 2.28. The average molecular weight is 219 g/mol. The second-order valence-corrected chi connectivity index (χ2v) is 4.83. The van der Waals surface area contributed by atoms with Gasteiger partial charge in [-0.1, -0.05) is 0 Å². The molecule has 0 atom stereocenters. The van der Waals surface area contributed by atoms with Crippen LogP contribution in [0.15, 0.2) is 18.2 Å². The number of hydrogen-bond acceptors (Lipinski definition) is 3. The van der Waals surface area contributed by atoms with E-state index in [4.69, 9.17) is 10.5 Å². The zero-order valence-corrected chi connectivity index (χ0v) is 10.1. The van der Waals surface area contributed by atoms with Crippen molar-refractivity contribution in [2.45, 2.75) is 26.3 Å². The number of fused-ring (bicyclic) bond motifs is 1. The molecule has 2 N–H and O–H groups in total. The largest absolute Gasteiger partial charge is 0.497 e. The molecule has 0 bridgehead atoms. The molecular formula is C12H17N3O. The van der Waals surface area contributed by atoms with Crippen LogP contribution in [0.4, 0.5) is 5.95 Å². The molecule has 1 heterocycles. The molecule has 0 aliphatic rings. The molecule has 86 valence electrons. The van der Waals surface area contributed by atoms with E-state index in [9.17, 15) is 0 Å². The lowest BCUT2D eigenvalue weighted by atomic mass is 10.1. The molecule has 0 fully saturated rings. The smallest absolute Gasteiger partial charge is 0.201 e. The van der Waals surface area contributed by atoms with Gasteiger partial charge in [-0.05, 0) is 32.9 Å². The quantitative estimate of drug-likeness (QED) is 0.801. The highest BCUT2D eigenvalue weighted by molar-refractivity contribution is 5.80. The van der Waals surface area contributed by atoms with Crippen LogP contribution in [0.25, 0.3) is 11.0 Å². The van der Waals surface area contributed by atoms with Gasteiger partial charge in [0.05, 0.1) is 18.1 Å². The molecule has 16 heavy (non-hydrogen) atoms. The van der Waals surface area contributed by atoms with Gasteiger partial charge < -0.3 is 15.0 Å². The summed E-state index contributed by atoms with van der Waals surface area (Å²) < 4.78 is 7.20. The van der Waals surface area contributed by atoms with Crippen LogP contribution in [0.3, 0.4) is 0 Å². The van der Waals surface area contributed by atoms with Crippen molar-refractivity contribution in [1.29, 1.82) is 0 Å². The lowest BCUT2D eigenvalue weighted by Crippen LogP contribution is -2.23. The second-order valence-electron chi connectivity index (χ2n) is 4.83. The van der Waals surface area contributed by atoms with Crippen LogP contribution in [0, 0.1) is 0 Å². The Morgan fingerprint density at radius 1 is 1.31 bits per heavy atom. The monoisotopic (exact) mass is 219 g/mol. The second kappa shape index (κ2) is 3.40. The van der Waals surface area contributed by atoms with Crippen molar-refractivity contribution >= 4 is 17.0 Å². The lowest BCUT2D eigenvalue weighted by Gasteiger charge is -2.23. The number of benzene rings is 1. The fourth-order valence-corrected chi connectivity index (χ4v) is 1.91. The molecule has 2 rings (SSSR count). The maximum absolute atomic E-state index is 5.94. The van der Waals surface area contributed by atoms with Crippen molar-refractivity contribution in [2.24, 2.45) is 0 Å². The Kier molecular flexibility index (Phi) is 2.30. The van der Waals surface area contributed by atoms with Crippen molar-refractivity contribution in [3.05, 3.63) is 18.2 Å². The molecule has 0 aliphatic carbocycles. The standard InChI is InChI=1S/C12H17N3O/c1-12(2,3)15-10-6-5-8(16-4)7-9(10)14-11(15)13/h5-7H,1-4H3,(H2,13,14). The third kappa shape index (κ3) is 1.60. The molecule has 0 unspecified atom stereocenters. The number of rotatable bonds is 1. The average Bonchev–Trinajstić information content (AvgIpc) is 2.51. The first kappa shape index (κ1) is 10.8. The van der Waals surface area contributed by atoms with Crippen molar-refractivity contribution in [2.75, 3.05) is 12.8 Å². The van der Waals surface area contributed by atoms with Crippen molar-refractivity contribution in [1.82, 2.24) is 9.55 Å². The minimum atomic E-state index is -0.0760. The van der Waals surface area contributed by atoms with Crippen LogP contribution >= 0.6 is 0 Å². The Balaban J connectivity index is 2.72. The molecule has 0 aliphatic heterocycles. The van der Waals surface area contributed by atoms with Crippen LogP contribution in [0.1, 0.15) is 20.8 Å². The molecule has 1 aromatic carbocycles. The zero-order chi connectivity index (χ0) is 11.9. The third-order valence-corrected chi connectivity index (χ3v) is 2.56. The zero-order valence-electron chi connectivity index (χ0n) is 10.1. The first-order valence-electron chi connectivity index (χ1n) is 5.26. The van der Waals surface area contributed by atoms with E-state index >= 15 is 0 Å². The first-order chi connectivity index (χ1) is 7.43. The number of nitrogen functional groups attached to an aromatic ring is 1. The van der Waals surface area contributed by atoms with Crippen LogP contribution in [0.5, 0.6) is 5.75 Å². The summed E-state index contributed by atoms with van der Waals surface area (Å²) in [5.74, 6) is 1.34. The number of methoxy groups -OCH3 is 1. The predicted molar refractivity (Wildman–Crippen MR) is 65.7 cm³/mol. The minimum absolute atomic E-state index is 0.0760. The molecule has 0 amide bonds. The predicted octanol–water partition coefficient (Wildman–Crippen LogP) is 2.38. The Labute approximate surface area is 95.0 Å². The van der Waals surface area contributed by atoms with Gasteiger partial charge in [0.15, 0.2) is 0 Å². The van der Waals surface area contributed by atoms with Crippen LogP contribution in [0.2, 0.25) is 0 Å². The SMILES string of the molecule is COc1ccc2c(c1)nc(N)n2C(C)(C)C. The van der Waals surface area contributed by atoms with Crippen LogP contribution < -0.4 is 10.5 Å². The van der Waals surface area contributed by atoms with Gasteiger partial charge in [0, 0.05) is 11.6 Å². The van der Waals surface area contributed by atoms with Gasteiger partial charge in [-0.15, -0.1) is 0 Å². The van der Waals surface area contributed by atoms with E-state index in [1.807, 2.05) is 22.8 Å². The van der Waals surface area contributed by atoms with Gasteiger partial charge in [-0.2, -0.15) is 0 Å². The maximum atomic E-state index is 5.94. The summed E-state index contributed by atoms with van der Waals surface area (Å²) in [7, 11) is 1.64. The summed E-state index contributed by atoms with van der Waals surface area (Å²) in [5, 5.41) is 0. The number of nitrogens with zero attached hydrogens (tertiary/aromatic N) is 2. The topological polar surface area (TPSA) is 53.1 Å². The van der Waals surface area contributed by atoms with Crippen LogP contribution in [-0.4, -0.2) is 16.7 Å². The Hall–Kier alpha value is -1.71. The molecule has 4 nitrogen and oxygen atoms in total. The van der Waals surface area contributed by atoms with E-state index in [1.165, 1.54) is 0 Å². The molecule has 0 spiro atoms. The van der Waals surface area contributed by atoms with Crippen molar-refractivity contribution in [3.8, 4) is 5.75 Å². The molecular weight excluding hydrogens is 202 g/mol. The summed E-state index contributed by atoms with van der Waals surface area (Å²) in [6, 6.07) is 5.81. The molecule has 4 heteroatoms. The fraction of sp³-hybridized carbons (Fsp3) is 0.417. The first-order valence-corrected chi connectivity index (χ1v) is 5.26. The fourth-order valence-electron chi connectivity index (χ4n) is 1.91. The summed E-state index contributed by atoms with van der Waals surface area (Å²) in [6.45, 7) is 6.32. The van der Waals surface area contributed by atoms with E-state index in [0.717, 1.165) is 16.8 Å². The van der Waals surface area contributed by atoms with E-state index < -0.39 is 0 Å². The number of nitrogens with two attached hydrogens (primary N) is 1. The van der Waals surface area contributed by atoms with E-state index in [1.54, 1.807) is 7.11 Å². The van der Waals surface area contributed by atoms with Gasteiger partial charge >= 0.3 is 0 Å². The Morgan fingerprint density at radius 3 is 2.56 bits per heavy atom. The lowest BCUT2D eigenvalue weighted by molar-refractivity contribution is 0.412. The number of anilines is 1. The number of ether oxygens (including phenoxy) is 1. The number of imidazole rings is 1. The van der Waals surface area contributed by atoms with Gasteiger partial charge in [0.1, 0.15) is 5.75 Å². The van der Waals surface area contributed by atoms with Crippen LogP contribution in [-0.2, 0) is 5.54 Å². The van der Waals surface area contributed by atoms with E-state index in [0.29, 0.717) is 5.95 Å². The molecule has 0 radical (unpaired) electrons. The summed E-state index contributed by atoms with van der Waals surface area (Å²) in [4.78, 5) is 4.35. The van der Waals surface area contributed by atoms with Gasteiger partial charge in [0.2, 0.25) is 5.95 Å². The summed E-state index contributed by atoms with van der Waals surface area (Å²) >= 11 is 0. The highest BCUT2D eigenvalue weighted by atomic mass is 16.5. The van der Waals surface area contributed by atoms with Crippen molar-refractivity contribution < 1.29 is 4.74 Å². The van der Waals surface area contributed by atoms with Gasteiger partial charge in [0.25, 0.3) is 0 Å². The van der Waals surface area contributed by atoms with E-state index in [2.05, 4.69) is 25.8 Å². The minimum Gasteiger partial charge on any atom is -0.497 e. The summed E-state index contributed by atoms with van der Waals surface area (Å²) in [6.07, 6.45) is 0. The van der Waals surface area contributed by atoms with Gasteiger partial charge in [-0.3, -0.25) is 0 Å². The van der Waals surface area contributed by atoms with E-state index in [-0.39, 0.29) is 5.54 Å². The molecule has 1 aromatic heterocycles.